The molecule has 0 saturated carbocycles. The number of carbonyl (C=O) groups is 1. The summed E-state index contributed by atoms with van der Waals surface area (Å²) in [5, 5.41) is 0. The fourth-order valence-electron chi connectivity index (χ4n) is 2.12. The van der Waals surface area contributed by atoms with E-state index >= 15 is 0 Å². The van der Waals surface area contributed by atoms with Gasteiger partial charge in [0.1, 0.15) is 12.4 Å². The number of hydrogen-bond donors (Lipinski definition) is 0. The first-order chi connectivity index (χ1) is 9.13. The molecule has 4 heteroatoms. The zero-order valence-corrected chi connectivity index (χ0v) is 14.8. The first-order valence-corrected chi connectivity index (χ1v) is 6.35. The van der Waals surface area contributed by atoms with Crippen molar-refractivity contribution in [3.05, 3.63) is 48.1 Å². The molecule has 103 valence electrons. The second-order valence-electron chi connectivity index (χ2n) is 4.55. The van der Waals surface area contributed by atoms with Crippen LogP contribution >= 0.6 is 0 Å². The number of amides is 1. The van der Waals surface area contributed by atoms with Crippen molar-refractivity contribution in [2.45, 2.75) is 19.8 Å². The van der Waals surface area contributed by atoms with Crippen molar-refractivity contribution in [2.75, 3.05) is 13.7 Å². The van der Waals surface area contributed by atoms with Gasteiger partial charge < -0.3 is 9.64 Å². The van der Waals surface area contributed by atoms with Crippen molar-refractivity contribution >= 4 is 11.6 Å². The number of allylic oxidation sites excluding steroid dienone is 1. The molecule has 20 heavy (non-hydrogen) atoms. The summed E-state index contributed by atoms with van der Waals surface area (Å²) in [6, 6.07) is 5.86. The first-order valence-electron chi connectivity index (χ1n) is 6.35. The van der Waals surface area contributed by atoms with E-state index in [1.165, 1.54) is 0 Å². The van der Waals surface area contributed by atoms with Crippen molar-refractivity contribution in [3.8, 4) is 5.75 Å². The maximum absolute atomic E-state index is 11.7. The van der Waals surface area contributed by atoms with Crippen LogP contribution in [0, 0.1) is 13.0 Å². The number of nitrogens with zero attached hydrogens (tertiary/aromatic N) is 1. The molecular formula is C16H18NO2Y-. The van der Waals surface area contributed by atoms with Gasteiger partial charge in [-0.25, -0.2) is 6.08 Å². The van der Waals surface area contributed by atoms with Gasteiger partial charge in [-0.1, -0.05) is 19.6 Å². The molecule has 0 saturated heterocycles. The topological polar surface area (TPSA) is 29.5 Å². The molecule has 0 spiro atoms. The van der Waals surface area contributed by atoms with Gasteiger partial charge in [0.25, 0.3) is 0 Å². The van der Waals surface area contributed by atoms with Gasteiger partial charge in [-0.05, 0) is 12.1 Å². The summed E-state index contributed by atoms with van der Waals surface area (Å²) in [5.41, 5.74) is 2.97. The minimum absolute atomic E-state index is 0. The Hall–Kier alpha value is -0.926. The second kappa shape index (κ2) is 7.75. The molecule has 0 atom stereocenters. The van der Waals surface area contributed by atoms with E-state index in [1.54, 1.807) is 18.0 Å². The minimum atomic E-state index is 0. The fourth-order valence-corrected chi connectivity index (χ4v) is 2.12. The van der Waals surface area contributed by atoms with Crippen molar-refractivity contribution in [3.63, 3.8) is 0 Å². The van der Waals surface area contributed by atoms with Crippen LogP contribution in [0.15, 0.2) is 30.9 Å². The van der Waals surface area contributed by atoms with Crippen LogP contribution in [0.5, 0.6) is 5.75 Å². The summed E-state index contributed by atoms with van der Waals surface area (Å²) >= 11 is 0. The molecule has 1 aromatic carbocycles. The fraction of sp³-hybridized carbons (Fsp3) is 0.312. The van der Waals surface area contributed by atoms with Crippen molar-refractivity contribution < 1.29 is 42.2 Å². The molecule has 0 aromatic heterocycles. The van der Waals surface area contributed by atoms with Crippen molar-refractivity contribution in [2.24, 2.45) is 0 Å². The van der Waals surface area contributed by atoms with Crippen molar-refractivity contribution in [1.82, 2.24) is 4.90 Å². The molecule has 0 bridgehead atoms. The van der Waals surface area contributed by atoms with Gasteiger partial charge in [0.2, 0.25) is 5.91 Å². The third kappa shape index (κ3) is 3.80. The molecule has 0 fully saturated rings. The monoisotopic (exact) mass is 345 g/mol. The molecule has 1 heterocycles. The summed E-state index contributed by atoms with van der Waals surface area (Å²) < 4.78 is 5.50. The van der Waals surface area contributed by atoms with Crippen LogP contribution in [0.2, 0.25) is 0 Å². The largest absolute Gasteiger partial charge is 0.490 e. The van der Waals surface area contributed by atoms with Gasteiger partial charge in [-0.15, -0.1) is 29.3 Å². The molecule has 0 N–H and O–H groups in total. The van der Waals surface area contributed by atoms with Crippen LogP contribution in [0.3, 0.4) is 0 Å². The van der Waals surface area contributed by atoms with Gasteiger partial charge in [-0.3, -0.25) is 4.79 Å². The maximum Gasteiger partial charge on any atom is 0.222 e. The first kappa shape index (κ1) is 17.1. The molecule has 1 amide bonds. The van der Waals surface area contributed by atoms with Gasteiger partial charge >= 0.3 is 0 Å². The quantitative estimate of drug-likeness (QED) is 0.620. The summed E-state index contributed by atoms with van der Waals surface area (Å²) in [6.45, 7) is 6.13. The smallest absolute Gasteiger partial charge is 0.222 e. The van der Waals surface area contributed by atoms with Gasteiger partial charge in [-0.2, -0.15) is 0 Å². The summed E-state index contributed by atoms with van der Waals surface area (Å²) in [6.07, 6.45) is 6.23. The molecule has 1 aromatic rings. The SMILES string of the molecule is C=CCOc1ccc(C2=[C-]CCC(=O)N2C)c(C)c1.[Y]. The predicted molar refractivity (Wildman–Crippen MR) is 75.5 cm³/mol. The van der Waals surface area contributed by atoms with E-state index in [2.05, 4.69) is 12.7 Å². The normalized spacial score (nSPS) is 14.4. The Kier molecular flexibility index (Phi) is 6.64. The average molecular weight is 345 g/mol. The Bertz CT molecular complexity index is 537. The number of rotatable bonds is 4. The Labute approximate surface area is 145 Å². The molecule has 0 unspecified atom stereocenters. The number of carbonyl (C=O) groups excluding carboxylic acids is 1. The third-order valence-electron chi connectivity index (χ3n) is 3.16. The summed E-state index contributed by atoms with van der Waals surface area (Å²) in [4.78, 5) is 13.4. The van der Waals surface area contributed by atoms with Crippen LogP contribution in [0.25, 0.3) is 5.70 Å². The number of benzene rings is 1. The van der Waals surface area contributed by atoms with Gasteiger partial charge in [0, 0.05) is 46.2 Å². The standard InChI is InChI=1S/C16H18NO2.Y/c1-4-10-19-13-8-9-14(12(2)11-13)15-6-5-7-16(18)17(15)3;/h4,8-9,11H,1,5,7,10H2,2-3H3;/q-1;. The zero-order valence-electron chi connectivity index (χ0n) is 12.0. The van der Waals surface area contributed by atoms with E-state index < -0.39 is 0 Å². The van der Waals surface area contributed by atoms with E-state index in [-0.39, 0.29) is 38.6 Å². The molecule has 1 aliphatic heterocycles. The molecule has 0 aliphatic carbocycles. The number of hydrogen-bond acceptors (Lipinski definition) is 2. The van der Waals surface area contributed by atoms with E-state index in [4.69, 9.17) is 4.74 Å². The predicted octanol–water partition coefficient (Wildman–Crippen LogP) is 2.95. The molecule has 3 nitrogen and oxygen atoms in total. The Balaban J connectivity index is 0.00000200. The van der Waals surface area contributed by atoms with E-state index in [1.807, 2.05) is 25.1 Å². The van der Waals surface area contributed by atoms with E-state index in [0.717, 1.165) is 22.6 Å². The average Bonchev–Trinajstić information content (AvgIpc) is 2.40. The van der Waals surface area contributed by atoms with Gasteiger partial charge in [0.05, 0.1) is 0 Å². The van der Waals surface area contributed by atoms with Crippen molar-refractivity contribution in [1.29, 1.82) is 0 Å². The molecule has 1 aliphatic rings. The van der Waals surface area contributed by atoms with Crippen LogP contribution in [-0.2, 0) is 37.5 Å². The van der Waals surface area contributed by atoms with Crippen LogP contribution in [-0.4, -0.2) is 24.5 Å². The zero-order chi connectivity index (χ0) is 13.8. The Morgan fingerprint density at radius 2 is 2.25 bits per heavy atom. The van der Waals surface area contributed by atoms with Crippen LogP contribution in [0.4, 0.5) is 0 Å². The maximum atomic E-state index is 11.7. The minimum Gasteiger partial charge on any atom is -0.490 e. The van der Waals surface area contributed by atoms with E-state index in [0.29, 0.717) is 19.4 Å². The van der Waals surface area contributed by atoms with Crippen LogP contribution in [0.1, 0.15) is 24.0 Å². The Morgan fingerprint density at radius 1 is 1.50 bits per heavy atom. The molecular weight excluding hydrogens is 327 g/mol. The van der Waals surface area contributed by atoms with Crippen LogP contribution < -0.4 is 4.74 Å². The van der Waals surface area contributed by atoms with E-state index in [9.17, 15) is 4.79 Å². The Morgan fingerprint density at radius 3 is 2.90 bits per heavy atom. The second-order valence-corrected chi connectivity index (χ2v) is 4.55. The third-order valence-corrected chi connectivity index (χ3v) is 3.16. The molecule has 2 rings (SSSR count). The number of aryl methyl sites for hydroxylation is 1. The summed E-state index contributed by atoms with van der Waals surface area (Å²) in [5.74, 6) is 0.951. The summed E-state index contributed by atoms with van der Waals surface area (Å²) in [7, 11) is 1.80. The van der Waals surface area contributed by atoms with Gasteiger partial charge in [0.15, 0.2) is 0 Å². The number of ether oxygens (including phenoxy) is 1. The molecule has 1 radical (unpaired) electrons.